The third-order valence-corrected chi connectivity index (χ3v) is 4.88. The first-order valence-corrected chi connectivity index (χ1v) is 8.40. The summed E-state index contributed by atoms with van der Waals surface area (Å²) < 4.78 is 11.0. The molecule has 24 heavy (non-hydrogen) atoms. The number of nitrogens with one attached hydrogen (secondary N) is 1. The van der Waals surface area contributed by atoms with Crippen LogP contribution >= 0.6 is 0 Å². The van der Waals surface area contributed by atoms with Crippen molar-refractivity contribution in [2.75, 3.05) is 20.8 Å². The predicted molar refractivity (Wildman–Crippen MR) is 94.8 cm³/mol. The highest BCUT2D eigenvalue weighted by Gasteiger charge is 2.31. The zero-order valence-electron chi connectivity index (χ0n) is 14.3. The lowest BCUT2D eigenvalue weighted by Crippen LogP contribution is -2.39. The molecule has 2 N–H and O–H groups in total. The Hall–Kier alpha value is -2.04. The molecular formula is C20H25NO3. The molecule has 4 heteroatoms. The first-order chi connectivity index (χ1) is 11.8. The third-order valence-electron chi connectivity index (χ3n) is 4.88. The average Bonchev–Trinajstić information content (AvgIpc) is 2.65. The molecule has 1 unspecified atom stereocenters. The van der Waals surface area contributed by atoms with E-state index in [4.69, 9.17) is 9.47 Å². The minimum absolute atomic E-state index is 0.0669. The maximum atomic E-state index is 9.98. The minimum atomic E-state index is 0.0669. The zero-order valence-corrected chi connectivity index (χ0v) is 14.3. The Morgan fingerprint density at radius 1 is 1.08 bits per heavy atom. The average molecular weight is 327 g/mol. The first-order valence-electron chi connectivity index (χ1n) is 8.40. The summed E-state index contributed by atoms with van der Waals surface area (Å²) in [5.74, 6) is 1.62. The van der Waals surface area contributed by atoms with E-state index in [2.05, 4.69) is 23.5 Å². The number of fused-ring (bicyclic) bond motifs is 1. The van der Waals surface area contributed by atoms with Crippen LogP contribution in [0.15, 0.2) is 42.5 Å². The molecule has 2 aromatic carbocycles. The van der Waals surface area contributed by atoms with Gasteiger partial charge >= 0.3 is 0 Å². The largest absolute Gasteiger partial charge is 0.493 e. The lowest BCUT2D eigenvalue weighted by molar-refractivity contribution is 0.221. The van der Waals surface area contributed by atoms with Crippen molar-refractivity contribution < 1.29 is 14.6 Å². The summed E-state index contributed by atoms with van der Waals surface area (Å²) in [4.78, 5) is 0. The van der Waals surface area contributed by atoms with Gasteiger partial charge in [-0.25, -0.2) is 0 Å². The van der Waals surface area contributed by atoms with Crippen molar-refractivity contribution in [1.29, 1.82) is 0 Å². The van der Waals surface area contributed by atoms with Crippen molar-refractivity contribution in [3.8, 4) is 11.5 Å². The van der Waals surface area contributed by atoms with Crippen LogP contribution in [0.5, 0.6) is 11.5 Å². The molecule has 1 aliphatic rings. The number of benzene rings is 2. The molecule has 1 aliphatic carbocycles. The van der Waals surface area contributed by atoms with Gasteiger partial charge in [0, 0.05) is 24.1 Å². The summed E-state index contributed by atoms with van der Waals surface area (Å²) in [5, 5.41) is 13.6. The first kappa shape index (κ1) is 16.8. The summed E-state index contributed by atoms with van der Waals surface area (Å²) in [5.41, 5.74) is 3.58. The second-order valence-corrected chi connectivity index (χ2v) is 6.17. The van der Waals surface area contributed by atoms with Crippen molar-refractivity contribution >= 4 is 0 Å². The monoisotopic (exact) mass is 327 g/mol. The van der Waals surface area contributed by atoms with Gasteiger partial charge in [0.15, 0.2) is 11.5 Å². The van der Waals surface area contributed by atoms with E-state index in [1.165, 1.54) is 5.56 Å². The number of aliphatic hydroxyl groups is 1. The van der Waals surface area contributed by atoms with Gasteiger partial charge in [-0.05, 0) is 30.0 Å². The quantitative estimate of drug-likeness (QED) is 0.856. The van der Waals surface area contributed by atoms with Crippen LogP contribution in [0.1, 0.15) is 29.0 Å². The van der Waals surface area contributed by atoms with Gasteiger partial charge in [0.2, 0.25) is 0 Å². The van der Waals surface area contributed by atoms with Gasteiger partial charge in [0.05, 0.1) is 20.8 Å². The van der Waals surface area contributed by atoms with Crippen LogP contribution < -0.4 is 14.8 Å². The molecule has 2 atom stereocenters. The Labute approximate surface area is 143 Å². The van der Waals surface area contributed by atoms with Gasteiger partial charge in [-0.15, -0.1) is 0 Å². The van der Waals surface area contributed by atoms with Gasteiger partial charge < -0.3 is 19.9 Å². The Morgan fingerprint density at radius 3 is 2.54 bits per heavy atom. The molecule has 2 aromatic rings. The van der Waals surface area contributed by atoms with Crippen molar-refractivity contribution in [2.24, 2.45) is 0 Å². The summed E-state index contributed by atoms with van der Waals surface area (Å²) in [6, 6.07) is 14.6. The Balaban J connectivity index is 1.81. The molecule has 3 rings (SSSR count). The van der Waals surface area contributed by atoms with Gasteiger partial charge in [-0.2, -0.15) is 0 Å². The van der Waals surface area contributed by atoms with E-state index in [9.17, 15) is 5.11 Å². The van der Waals surface area contributed by atoms with Gasteiger partial charge in [-0.1, -0.05) is 36.4 Å². The molecule has 0 aliphatic heterocycles. The topological polar surface area (TPSA) is 50.7 Å². The molecular weight excluding hydrogens is 302 g/mol. The number of methoxy groups -OCH3 is 2. The normalized spacial score (nSPS) is 19.6. The van der Waals surface area contributed by atoms with E-state index in [0.717, 1.165) is 42.0 Å². The lowest BCUT2D eigenvalue weighted by atomic mass is 9.79. The van der Waals surface area contributed by atoms with Crippen molar-refractivity contribution in [1.82, 2.24) is 5.32 Å². The van der Waals surface area contributed by atoms with Gasteiger partial charge in [-0.3, -0.25) is 0 Å². The summed E-state index contributed by atoms with van der Waals surface area (Å²) >= 11 is 0. The van der Waals surface area contributed by atoms with Gasteiger partial charge in [0.1, 0.15) is 0 Å². The summed E-state index contributed by atoms with van der Waals surface area (Å²) in [7, 11) is 3.33. The third kappa shape index (κ3) is 3.25. The van der Waals surface area contributed by atoms with Crippen LogP contribution in [0.4, 0.5) is 0 Å². The highest BCUT2D eigenvalue weighted by Crippen LogP contribution is 2.41. The fraction of sp³-hybridized carbons (Fsp3) is 0.400. The highest BCUT2D eigenvalue weighted by molar-refractivity contribution is 5.53. The Bertz CT molecular complexity index is 672. The number of rotatable bonds is 6. The predicted octanol–water partition coefficient (Wildman–Crippen LogP) is 2.88. The summed E-state index contributed by atoms with van der Waals surface area (Å²) in [6.45, 7) is 0.930. The minimum Gasteiger partial charge on any atom is -0.493 e. The molecule has 0 saturated heterocycles. The van der Waals surface area contributed by atoms with Crippen LogP contribution in [0.25, 0.3) is 0 Å². The van der Waals surface area contributed by atoms with E-state index >= 15 is 0 Å². The standard InChI is InChI=1S/C20H25NO3/c1-23-19-11-9-15-16(20(19)24-2)8-10-18(17(15)13-22)21-12-14-6-4-3-5-7-14/h3-7,9,11,17-18,21-22H,8,10,12-13H2,1-2H3/t17-,18?/m0/s1. The molecule has 0 radical (unpaired) electrons. The molecule has 0 amide bonds. The van der Waals surface area contributed by atoms with Crippen molar-refractivity contribution in [3.63, 3.8) is 0 Å². The van der Waals surface area contributed by atoms with Gasteiger partial charge in [0.25, 0.3) is 0 Å². The number of ether oxygens (including phenoxy) is 2. The van der Waals surface area contributed by atoms with E-state index in [1.54, 1.807) is 14.2 Å². The second-order valence-electron chi connectivity index (χ2n) is 6.17. The molecule has 0 spiro atoms. The Morgan fingerprint density at radius 2 is 1.88 bits per heavy atom. The van der Waals surface area contributed by atoms with Crippen LogP contribution in [-0.2, 0) is 13.0 Å². The molecule has 0 saturated carbocycles. The van der Waals surface area contributed by atoms with Crippen LogP contribution in [0.3, 0.4) is 0 Å². The maximum Gasteiger partial charge on any atom is 0.164 e. The van der Waals surface area contributed by atoms with Crippen LogP contribution in [-0.4, -0.2) is 32.0 Å². The van der Waals surface area contributed by atoms with Crippen LogP contribution in [0, 0.1) is 0 Å². The molecule has 0 aromatic heterocycles. The maximum absolute atomic E-state index is 9.98. The molecule has 0 bridgehead atoms. The molecule has 128 valence electrons. The fourth-order valence-corrected chi connectivity index (χ4v) is 3.64. The molecule has 4 nitrogen and oxygen atoms in total. The Kier molecular flexibility index (Phi) is 5.38. The zero-order chi connectivity index (χ0) is 16.9. The highest BCUT2D eigenvalue weighted by atomic mass is 16.5. The second kappa shape index (κ2) is 7.69. The number of aliphatic hydroxyl groups excluding tert-OH is 1. The molecule has 0 fully saturated rings. The van der Waals surface area contributed by atoms with E-state index in [0.29, 0.717) is 0 Å². The SMILES string of the molecule is COc1ccc2c(c1OC)CCC(NCc1ccccc1)[C@H]2CO. The fourth-order valence-electron chi connectivity index (χ4n) is 3.64. The smallest absolute Gasteiger partial charge is 0.164 e. The lowest BCUT2D eigenvalue weighted by Gasteiger charge is -2.34. The summed E-state index contributed by atoms with van der Waals surface area (Å²) in [6.07, 6.45) is 1.88. The van der Waals surface area contributed by atoms with E-state index in [1.807, 2.05) is 24.3 Å². The molecule has 0 heterocycles. The van der Waals surface area contributed by atoms with Crippen molar-refractivity contribution in [3.05, 3.63) is 59.2 Å². The van der Waals surface area contributed by atoms with E-state index in [-0.39, 0.29) is 18.6 Å². The van der Waals surface area contributed by atoms with Crippen LogP contribution in [0.2, 0.25) is 0 Å². The number of hydrogen-bond donors (Lipinski definition) is 2. The van der Waals surface area contributed by atoms with E-state index < -0.39 is 0 Å². The van der Waals surface area contributed by atoms with Crippen molar-refractivity contribution in [2.45, 2.75) is 31.3 Å². The number of hydrogen-bond acceptors (Lipinski definition) is 4.